The molecule has 0 unspecified atom stereocenters. The molecule has 1 aliphatic carbocycles. The molecule has 0 aromatic rings. The summed E-state index contributed by atoms with van der Waals surface area (Å²) in [5, 5.41) is 6.67. The van der Waals surface area contributed by atoms with Crippen LogP contribution in [0.25, 0.3) is 0 Å². The smallest absolute Gasteiger partial charge is 0.0574 e. The fraction of sp³-hybridized carbons (Fsp3) is 0.833. The monoisotopic (exact) mass is 194 g/mol. The van der Waals surface area contributed by atoms with Crippen molar-refractivity contribution in [2.75, 3.05) is 26.2 Å². The van der Waals surface area contributed by atoms with Crippen LogP contribution in [-0.2, 0) is 0 Å². The van der Waals surface area contributed by atoms with Gasteiger partial charge in [-0.25, -0.2) is 0 Å². The van der Waals surface area contributed by atoms with Gasteiger partial charge in [-0.15, -0.1) is 6.42 Å². The molecule has 14 heavy (non-hydrogen) atoms. The van der Waals surface area contributed by atoms with E-state index in [2.05, 4.69) is 23.5 Å². The summed E-state index contributed by atoms with van der Waals surface area (Å²) >= 11 is 0. The Balaban J connectivity index is 1.96. The summed E-state index contributed by atoms with van der Waals surface area (Å²) in [5.74, 6) is 2.57. The van der Waals surface area contributed by atoms with Crippen molar-refractivity contribution in [3.63, 3.8) is 0 Å². The fourth-order valence-corrected chi connectivity index (χ4v) is 2.13. The normalized spacial score (nSPS) is 19.4. The zero-order chi connectivity index (χ0) is 10.3. The van der Waals surface area contributed by atoms with Gasteiger partial charge < -0.3 is 10.6 Å². The first-order valence-electron chi connectivity index (χ1n) is 5.62. The summed E-state index contributed by atoms with van der Waals surface area (Å²) in [6, 6.07) is 0. The van der Waals surface area contributed by atoms with Gasteiger partial charge in [0.05, 0.1) is 6.54 Å². The third-order valence-corrected chi connectivity index (χ3v) is 3.07. The van der Waals surface area contributed by atoms with E-state index in [9.17, 15) is 0 Å². The molecule has 1 saturated carbocycles. The minimum Gasteiger partial charge on any atom is -0.315 e. The molecule has 1 rings (SSSR count). The number of nitrogens with one attached hydrogen (secondary N) is 2. The van der Waals surface area contributed by atoms with Crippen molar-refractivity contribution < 1.29 is 0 Å². The average molecular weight is 194 g/mol. The predicted molar refractivity (Wildman–Crippen MR) is 61.1 cm³/mol. The summed E-state index contributed by atoms with van der Waals surface area (Å²) in [5.41, 5.74) is 0.562. The van der Waals surface area contributed by atoms with Crippen LogP contribution in [0, 0.1) is 17.8 Å². The van der Waals surface area contributed by atoms with Gasteiger partial charge in [0.2, 0.25) is 0 Å². The van der Waals surface area contributed by atoms with Crippen LogP contribution in [0.2, 0.25) is 0 Å². The SMILES string of the molecule is C#CCNCCNCC1(C)CCCC1. The summed E-state index contributed by atoms with van der Waals surface area (Å²) in [4.78, 5) is 0. The minimum absolute atomic E-state index is 0.562. The third kappa shape index (κ3) is 4.13. The Morgan fingerprint density at radius 3 is 2.50 bits per heavy atom. The molecule has 1 aliphatic rings. The average Bonchev–Trinajstić information content (AvgIpc) is 2.59. The molecule has 0 spiro atoms. The molecule has 0 amide bonds. The first-order chi connectivity index (χ1) is 6.77. The lowest BCUT2D eigenvalue weighted by atomic mass is 9.89. The van der Waals surface area contributed by atoms with Crippen LogP contribution in [0.15, 0.2) is 0 Å². The molecular formula is C12H22N2. The molecule has 0 aromatic heterocycles. The minimum atomic E-state index is 0.562. The molecular weight excluding hydrogens is 172 g/mol. The molecule has 0 saturated heterocycles. The van der Waals surface area contributed by atoms with Crippen LogP contribution in [0.5, 0.6) is 0 Å². The van der Waals surface area contributed by atoms with Gasteiger partial charge in [-0.2, -0.15) is 0 Å². The van der Waals surface area contributed by atoms with Crippen molar-refractivity contribution in [2.45, 2.75) is 32.6 Å². The Labute approximate surface area is 87.8 Å². The molecule has 0 aliphatic heterocycles. The Morgan fingerprint density at radius 2 is 1.86 bits per heavy atom. The molecule has 2 N–H and O–H groups in total. The summed E-state index contributed by atoms with van der Waals surface area (Å²) in [6.07, 6.45) is 10.7. The highest BCUT2D eigenvalue weighted by Crippen LogP contribution is 2.36. The number of hydrogen-bond acceptors (Lipinski definition) is 2. The zero-order valence-corrected chi connectivity index (χ0v) is 9.23. The van der Waals surface area contributed by atoms with Gasteiger partial charge >= 0.3 is 0 Å². The number of hydrogen-bond donors (Lipinski definition) is 2. The Hall–Kier alpha value is -0.520. The van der Waals surface area contributed by atoms with E-state index in [0.717, 1.165) is 19.6 Å². The molecule has 80 valence electrons. The van der Waals surface area contributed by atoms with E-state index in [1.165, 1.54) is 25.7 Å². The van der Waals surface area contributed by atoms with Crippen molar-refractivity contribution in [1.29, 1.82) is 0 Å². The standard InChI is InChI=1S/C12H22N2/c1-3-8-13-9-10-14-11-12(2)6-4-5-7-12/h1,13-14H,4-11H2,2H3. The first kappa shape index (κ1) is 11.6. The lowest BCUT2D eigenvalue weighted by molar-refractivity contribution is 0.316. The van der Waals surface area contributed by atoms with Crippen LogP contribution >= 0.6 is 0 Å². The maximum Gasteiger partial charge on any atom is 0.0574 e. The van der Waals surface area contributed by atoms with E-state index < -0.39 is 0 Å². The van der Waals surface area contributed by atoms with Crippen molar-refractivity contribution in [3.8, 4) is 12.3 Å². The molecule has 1 fully saturated rings. The Bertz CT molecular complexity index is 187. The maximum absolute atomic E-state index is 5.13. The molecule has 2 nitrogen and oxygen atoms in total. The van der Waals surface area contributed by atoms with Crippen LogP contribution in [-0.4, -0.2) is 26.2 Å². The quantitative estimate of drug-likeness (QED) is 0.493. The molecule has 0 atom stereocenters. The molecule has 0 radical (unpaired) electrons. The van der Waals surface area contributed by atoms with Crippen molar-refractivity contribution in [1.82, 2.24) is 10.6 Å². The van der Waals surface area contributed by atoms with Crippen LogP contribution in [0.4, 0.5) is 0 Å². The topological polar surface area (TPSA) is 24.1 Å². The van der Waals surface area contributed by atoms with Gasteiger partial charge in [-0.1, -0.05) is 25.7 Å². The van der Waals surface area contributed by atoms with Crippen molar-refractivity contribution >= 4 is 0 Å². The second-order valence-corrected chi connectivity index (χ2v) is 4.58. The zero-order valence-electron chi connectivity index (χ0n) is 9.23. The lowest BCUT2D eigenvalue weighted by Crippen LogP contribution is -2.34. The Kier molecular flexibility index (Phi) is 5.00. The van der Waals surface area contributed by atoms with Crippen molar-refractivity contribution in [2.24, 2.45) is 5.41 Å². The largest absolute Gasteiger partial charge is 0.315 e. The molecule has 0 heterocycles. The van der Waals surface area contributed by atoms with E-state index >= 15 is 0 Å². The van der Waals surface area contributed by atoms with E-state index in [-0.39, 0.29) is 0 Å². The van der Waals surface area contributed by atoms with Gasteiger partial charge in [-0.3, -0.25) is 0 Å². The molecule has 0 bridgehead atoms. The maximum atomic E-state index is 5.13. The second kappa shape index (κ2) is 6.06. The summed E-state index contributed by atoms with van der Waals surface area (Å²) in [6.45, 7) is 6.23. The molecule has 2 heteroatoms. The fourth-order valence-electron chi connectivity index (χ4n) is 2.13. The highest BCUT2D eigenvalue weighted by atomic mass is 14.9. The Morgan fingerprint density at radius 1 is 1.21 bits per heavy atom. The summed E-state index contributed by atoms with van der Waals surface area (Å²) in [7, 11) is 0. The van der Waals surface area contributed by atoms with Crippen LogP contribution < -0.4 is 10.6 Å². The van der Waals surface area contributed by atoms with Crippen LogP contribution in [0.3, 0.4) is 0 Å². The number of rotatable bonds is 6. The van der Waals surface area contributed by atoms with Gasteiger partial charge in [0.15, 0.2) is 0 Å². The lowest BCUT2D eigenvalue weighted by Gasteiger charge is -2.23. The highest BCUT2D eigenvalue weighted by molar-refractivity contribution is 4.86. The van der Waals surface area contributed by atoms with Gasteiger partial charge in [-0.05, 0) is 18.3 Å². The molecule has 0 aromatic carbocycles. The predicted octanol–water partition coefficient (Wildman–Crippen LogP) is 1.38. The van der Waals surface area contributed by atoms with E-state index in [0.29, 0.717) is 12.0 Å². The van der Waals surface area contributed by atoms with Gasteiger partial charge in [0.1, 0.15) is 0 Å². The van der Waals surface area contributed by atoms with Gasteiger partial charge in [0.25, 0.3) is 0 Å². The third-order valence-electron chi connectivity index (χ3n) is 3.07. The van der Waals surface area contributed by atoms with E-state index in [4.69, 9.17) is 6.42 Å². The number of terminal acetylenes is 1. The van der Waals surface area contributed by atoms with Crippen molar-refractivity contribution in [3.05, 3.63) is 0 Å². The van der Waals surface area contributed by atoms with E-state index in [1.807, 2.05) is 0 Å². The van der Waals surface area contributed by atoms with E-state index in [1.54, 1.807) is 0 Å². The van der Waals surface area contributed by atoms with Gasteiger partial charge in [0, 0.05) is 19.6 Å². The first-order valence-corrected chi connectivity index (χ1v) is 5.62. The summed E-state index contributed by atoms with van der Waals surface area (Å²) < 4.78 is 0. The second-order valence-electron chi connectivity index (χ2n) is 4.58. The van der Waals surface area contributed by atoms with Crippen LogP contribution in [0.1, 0.15) is 32.6 Å². The highest BCUT2D eigenvalue weighted by Gasteiger charge is 2.27.